The molecule has 0 bridgehead atoms. The highest BCUT2D eigenvalue weighted by atomic mass is 15.2. The molecule has 106 valence electrons. The van der Waals surface area contributed by atoms with E-state index in [9.17, 15) is 0 Å². The van der Waals surface area contributed by atoms with E-state index in [1.165, 1.54) is 24.9 Å². The van der Waals surface area contributed by atoms with E-state index in [-0.39, 0.29) is 6.04 Å². The van der Waals surface area contributed by atoms with E-state index in [1.54, 1.807) is 0 Å². The molecule has 0 spiro atoms. The lowest BCUT2D eigenvalue weighted by atomic mass is 10.0. The van der Waals surface area contributed by atoms with Crippen LogP contribution in [0.4, 0.5) is 0 Å². The SMILES string of the molecule is Cc1ccc(C(CN)N(C)C2CCCN(C)C2)cn1. The first-order chi connectivity index (χ1) is 9.11. The lowest BCUT2D eigenvalue weighted by molar-refractivity contribution is 0.101. The number of nitrogens with zero attached hydrogens (tertiary/aromatic N) is 3. The molecule has 1 aromatic rings. The summed E-state index contributed by atoms with van der Waals surface area (Å²) < 4.78 is 0. The Labute approximate surface area is 116 Å². The standard InChI is InChI=1S/C15H26N4/c1-12-6-7-13(10-17-12)15(9-16)19(3)14-5-4-8-18(2)11-14/h6-7,10,14-15H,4-5,8-9,11,16H2,1-3H3. The second-order valence-electron chi connectivity index (χ2n) is 5.71. The maximum Gasteiger partial charge on any atom is 0.0486 e. The number of aromatic nitrogens is 1. The Balaban J connectivity index is 2.09. The zero-order valence-corrected chi connectivity index (χ0v) is 12.3. The van der Waals surface area contributed by atoms with Crippen molar-refractivity contribution in [1.82, 2.24) is 14.8 Å². The zero-order valence-electron chi connectivity index (χ0n) is 12.3. The largest absolute Gasteiger partial charge is 0.329 e. The third-order valence-electron chi connectivity index (χ3n) is 4.21. The summed E-state index contributed by atoms with van der Waals surface area (Å²) >= 11 is 0. The van der Waals surface area contributed by atoms with Crippen LogP contribution >= 0.6 is 0 Å². The zero-order chi connectivity index (χ0) is 13.8. The molecule has 19 heavy (non-hydrogen) atoms. The van der Waals surface area contributed by atoms with Crippen LogP contribution in [-0.4, -0.2) is 54.6 Å². The molecule has 4 nitrogen and oxygen atoms in total. The van der Waals surface area contributed by atoms with E-state index in [1.807, 2.05) is 13.1 Å². The van der Waals surface area contributed by atoms with Crippen LogP contribution in [0.25, 0.3) is 0 Å². The molecular formula is C15H26N4. The Morgan fingerprint density at radius 2 is 2.32 bits per heavy atom. The van der Waals surface area contributed by atoms with Crippen LogP contribution in [0.3, 0.4) is 0 Å². The van der Waals surface area contributed by atoms with Gasteiger partial charge in [-0.2, -0.15) is 0 Å². The summed E-state index contributed by atoms with van der Waals surface area (Å²) in [6, 6.07) is 5.08. The predicted octanol–water partition coefficient (Wildman–Crippen LogP) is 1.42. The van der Waals surface area contributed by atoms with Gasteiger partial charge in [-0.1, -0.05) is 6.07 Å². The van der Waals surface area contributed by atoms with Crippen molar-refractivity contribution in [3.05, 3.63) is 29.6 Å². The number of likely N-dealkylation sites (N-methyl/N-ethyl adjacent to an activating group) is 2. The summed E-state index contributed by atoms with van der Waals surface area (Å²) in [6.45, 7) is 5.00. The van der Waals surface area contributed by atoms with Gasteiger partial charge in [0.2, 0.25) is 0 Å². The Morgan fingerprint density at radius 3 is 2.89 bits per heavy atom. The van der Waals surface area contributed by atoms with E-state index < -0.39 is 0 Å². The van der Waals surface area contributed by atoms with Crippen LogP contribution in [0, 0.1) is 6.92 Å². The second-order valence-corrected chi connectivity index (χ2v) is 5.71. The Hall–Kier alpha value is -0.970. The van der Waals surface area contributed by atoms with Crippen LogP contribution in [0.1, 0.15) is 30.1 Å². The Kier molecular flexibility index (Phi) is 4.91. The molecule has 1 saturated heterocycles. The van der Waals surface area contributed by atoms with Gasteiger partial charge in [0.25, 0.3) is 0 Å². The van der Waals surface area contributed by atoms with Crippen molar-refractivity contribution in [2.45, 2.75) is 31.8 Å². The highest BCUT2D eigenvalue weighted by Crippen LogP contribution is 2.24. The van der Waals surface area contributed by atoms with Crippen molar-refractivity contribution in [3.63, 3.8) is 0 Å². The van der Waals surface area contributed by atoms with Gasteiger partial charge in [0.1, 0.15) is 0 Å². The van der Waals surface area contributed by atoms with Crippen molar-refractivity contribution in [1.29, 1.82) is 0 Å². The van der Waals surface area contributed by atoms with Gasteiger partial charge in [0.15, 0.2) is 0 Å². The molecule has 0 aliphatic carbocycles. The molecule has 1 fully saturated rings. The van der Waals surface area contributed by atoms with Gasteiger partial charge < -0.3 is 10.6 Å². The smallest absolute Gasteiger partial charge is 0.0486 e. The first-order valence-corrected chi connectivity index (χ1v) is 7.15. The summed E-state index contributed by atoms with van der Waals surface area (Å²) in [5.41, 5.74) is 8.28. The van der Waals surface area contributed by atoms with Crippen molar-refractivity contribution in [2.75, 3.05) is 33.7 Å². The average Bonchev–Trinajstić information content (AvgIpc) is 2.41. The molecule has 1 aliphatic rings. The summed E-state index contributed by atoms with van der Waals surface area (Å²) in [5, 5.41) is 0. The predicted molar refractivity (Wildman–Crippen MR) is 79.1 cm³/mol. The molecule has 2 N–H and O–H groups in total. The minimum atomic E-state index is 0.268. The molecule has 0 saturated carbocycles. The van der Waals surface area contributed by atoms with Gasteiger partial charge in [-0.05, 0) is 52.0 Å². The van der Waals surface area contributed by atoms with Gasteiger partial charge in [0.05, 0.1) is 0 Å². The molecule has 0 aromatic carbocycles. The minimum Gasteiger partial charge on any atom is -0.329 e. The van der Waals surface area contributed by atoms with Gasteiger partial charge in [-0.15, -0.1) is 0 Å². The van der Waals surface area contributed by atoms with E-state index in [0.29, 0.717) is 12.6 Å². The van der Waals surface area contributed by atoms with Crippen LogP contribution in [0.2, 0.25) is 0 Å². The number of likely N-dealkylation sites (tertiary alicyclic amines) is 1. The number of pyridine rings is 1. The molecule has 2 heterocycles. The van der Waals surface area contributed by atoms with Gasteiger partial charge in [0, 0.05) is 37.1 Å². The van der Waals surface area contributed by atoms with Crippen molar-refractivity contribution >= 4 is 0 Å². The second kappa shape index (κ2) is 6.46. The molecule has 4 heteroatoms. The number of hydrogen-bond donors (Lipinski definition) is 1. The Morgan fingerprint density at radius 1 is 1.53 bits per heavy atom. The fourth-order valence-electron chi connectivity index (χ4n) is 2.94. The number of nitrogens with two attached hydrogens (primary N) is 1. The molecule has 2 atom stereocenters. The third kappa shape index (κ3) is 3.53. The maximum atomic E-state index is 6.00. The fraction of sp³-hybridized carbons (Fsp3) is 0.667. The summed E-state index contributed by atoms with van der Waals surface area (Å²) in [4.78, 5) is 9.24. The highest BCUT2D eigenvalue weighted by molar-refractivity contribution is 5.18. The highest BCUT2D eigenvalue weighted by Gasteiger charge is 2.26. The third-order valence-corrected chi connectivity index (χ3v) is 4.21. The summed E-state index contributed by atoms with van der Waals surface area (Å²) in [5.74, 6) is 0. The van der Waals surface area contributed by atoms with E-state index >= 15 is 0 Å². The molecule has 1 aliphatic heterocycles. The van der Waals surface area contributed by atoms with Gasteiger partial charge in [-0.25, -0.2) is 0 Å². The van der Waals surface area contributed by atoms with E-state index in [4.69, 9.17) is 5.73 Å². The topological polar surface area (TPSA) is 45.4 Å². The van der Waals surface area contributed by atoms with Crippen LogP contribution in [0.15, 0.2) is 18.3 Å². The molecule has 0 radical (unpaired) electrons. The summed E-state index contributed by atoms with van der Waals surface area (Å²) in [6.07, 6.45) is 4.50. The number of piperidine rings is 1. The quantitative estimate of drug-likeness (QED) is 0.891. The van der Waals surface area contributed by atoms with E-state index in [2.05, 4.69) is 41.0 Å². The Bertz CT molecular complexity index is 390. The molecular weight excluding hydrogens is 236 g/mol. The molecule has 0 amide bonds. The van der Waals surface area contributed by atoms with Gasteiger partial charge in [-0.3, -0.25) is 9.88 Å². The summed E-state index contributed by atoms with van der Waals surface area (Å²) in [7, 11) is 4.39. The first kappa shape index (κ1) is 14.4. The maximum absolute atomic E-state index is 6.00. The van der Waals surface area contributed by atoms with Crippen LogP contribution < -0.4 is 5.73 Å². The number of hydrogen-bond acceptors (Lipinski definition) is 4. The first-order valence-electron chi connectivity index (χ1n) is 7.15. The monoisotopic (exact) mass is 262 g/mol. The van der Waals surface area contributed by atoms with Crippen molar-refractivity contribution in [3.8, 4) is 0 Å². The van der Waals surface area contributed by atoms with Crippen molar-refractivity contribution < 1.29 is 0 Å². The lowest BCUT2D eigenvalue weighted by Crippen LogP contribution is -2.47. The van der Waals surface area contributed by atoms with Crippen LogP contribution in [0.5, 0.6) is 0 Å². The normalized spacial score (nSPS) is 22.7. The van der Waals surface area contributed by atoms with Crippen LogP contribution in [-0.2, 0) is 0 Å². The molecule has 2 rings (SSSR count). The number of aryl methyl sites for hydroxylation is 1. The minimum absolute atomic E-state index is 0.268. The molecule has 2 unspecified atom stereocenters. The molecule has 1 aromatic heterocycles. The average molecular weight is 262 g/mol. The number of rotatable bonds is 4. The van der Waals surface area contributed by atoms with E-state index in [0.717, 1.165) is 12.2 Å². The van der Waals surface area contributed by atoms with Crippen molar-refractivity contribution in [2.24, 2.45) is 5.73 Å². The van der Waals surface area contributed by atoms with Gasteiger partial charge >= 0.3 is 0 Å². The lowest BCUT2D eigenvalue weighted by Gasteiger charge is -2.39. The fourth-order valence-corrected chi connectivity index (χ4v) is 2.94.